The summed E-state index contributed by atoms with van der Waals surface area (Å²) in [6.45, 7) is 6.40. The monoisotopic (exact) mass is 476 g/mol. The highest BCUT2D eigenvalue weighted by molar-refractivity contribution is 7.16. The van der Waals surface area contributed by atoms with Crippen molar-refractivity contribution in [2.24, 2.45) is 5.92 Å². The smallest absolute Gasteiger partial charge is 0.275 e. The van der Waals surface area contributed by atoms with Gasteiger partial charge in [0.05, 0.1) is 11.6 Å². The Balaban J connectivity index is 1.38. The van der Waals surface area contributed by atoms with Gasteiger partial charge < -0.3 is 10.1 Å². The van der Waals surface area contributed by atoms with Crippen molar-refractivity contribution in [3.8, 4) is 5.75 Å². The van der Waals surface area contributed by atoms with Crippen LogP contribution in [0.25, 0.3) is 4.96 Å². The van der Waals surface area contributed by atoms with Gasteiger partial charge in [0.2, 0.25) is 10.9 Å². The second-order valence-electron chi connectivity index (χ2n) is 8.55. The molecule has 2 aromatic carbocycles. The molecule has 4 rings (SSSR count). The van der Waals surface area contributed by atoms with Gasteiger partial charge in [-0.1, -0.05) is 62.4 Å². The first kappa shape index (κ1) is 23.6. The zero-order chi connectivity index (χ0) is 24.1. The number of amides is 1. The van der Waals surface area contributed by atoms with Crippen LogP contribution >= 0.6 is 11.3 Å². The van der Waals surface area contributed by atoms with Crippen LogP contribution in [0.5, 0.6) is 5.75 Å². The van der Waals surface area contributed by atoms with E-state index in [-0.39, 0.29) is 24.0 Å². The van der Waals surface area contributed by atoms with Crippen LogP contribution in [0.4, 0.5) is 5.69 Å². The first-order valence-electron chi connectivity index (χ1n) is 11.4. The van der Waals surface area contributed by atoms with Crippen LogP contribution < -0.4 is 15.6 Å². The highest BCUT2D eigenvalue weighted by atomic mass is 32.1. The number of anilines is 1. The van der Waals surface area contributed by atoms with Crippen molar-refractivity contribution in [1.82, 2.24) is 14.6 Å². The lowest BCUT2D eigenvalue weighted by atomic mass is 9.95. The number of ether oxygens (including phenoxy) is 1. The fraction of sp³-hybridized carbons (Fsp3) is 0.308. The highest BCUT2D eigenvalue weighted by Crippen LogP contribution is 2.23. The minimum absolute atomic E-state index is 0.0401. The molecule has 0 saturated carbocycles. The molecule has 34 heavy (non-hydrogen) atoms. The average molecular weight is 477 g/mol. The summed E-state index contributed by atoms with van der Waals surface area (Å²) in [7, 11) is 0. The van der Waals surface area contributed by atoms with Crippen LogP contribution in [0.1, 0.15) is 49.4 Å². The van der Waals surface area contributed by atoms with Gasteiger partial charge in [-0.05, 0) is 42.2 Å². The molecule has 0 radical (unpaired) electrons. The van der Waals surface area contributed by atoms with Crippen molar-refractivity contribution in [2.75, 3.05) is 5.32 Å². The van der Waals surface area contributed by atoms with E-state index in [9.17, 15) is 9.59 Å². The van der Waals surface area contributed by atoms with Crippen LogP contribution in [0.2, 0.25) is 0 Å². The number of rotatable bonds is 9. The zero-order valence-corrected chi connectivity index (χ0v) is 20.3. The Morgan fingerprint density at radius 3 is 2.53 bits per heavy atom. The quantitative estimate of drug-likeness (QED) is 0.365. The second-order valence-corrected chi connectivity index (χ2v) is 9.59. The Morgan fingerprint density at radius 2 is 1.85 bits per heavy atom. The number of aromatic nitrogens is 3. The topological polar surface area (TPSA) is 85.6 Å². The minimum Gasteiger partial charge on any atom is -0.487 e. The van der Waals surface area contributed by atoms with E-state index in [0.717, 1.165) is 17.0 Å². The van der Waals surface area contributed by atoms with Crippen LogP contribution in [-0.4, -0.2) is 20.5 Å². The van der Waals surface area contributed by atoms with Crippen LogP contribution in [0, 0.1) is 5.92 Å². The van der Waals surface area contributed by atoms with Gasteiger partial charge in [-0.25, -0.2) is 4.98 Å². The van der Waals surface area contributed by atoms with Gasteiger partial charge in [0.25, 0.3) is 5.56 Å². The minimum atomic E-state index is -0.211. The molecular formula is C26H28N4O3S. The number of benzene rings is 2. The number of nitrogens with zero attached hydrogens (tertiary/aromatic N) is 3. The van der Waals surface area contributed by atoms with E-state index >= 15 is 0 Å². The maximum absolute atomic E-state index is 12.8. The van der Waals surface area contributed by atoms with E-state index in [4.69, 9.17) is 4.74 Å². The Labute approximate surface area is 202 Å². The van der Waals surface area contributed by atoms with Crippen molar-refractivity contribution in [2.45, 2.75) is 46.1 Å². The molecule has 0 bridgehead atoms. The van der Waals surface area contributed by atoms with E-state index < -0.39 is 0 Å². The molecule has 0 fully saturated rings. The molecule has 7 nitrogen and oxygen atoms in total. The third kappa shape index (κ3) is 5.69. The molecule has 0 spiro atoms. The molecule has 2 heterocycles. The third-order valence-electron chi connectivity index (χ3n) is 5.36. The van der Waals surface area contributed by atoms with Gasteiger partial charge in [-0.3, -0.25) is 9.59 Å². The van der Waals surface area contributed by atoms with E-state index in [0.29, 0.717) is 34.4 Å². The van der Waals surface area contributed by atoms with Gasteiger partial charge in [-0.15, -0.1) is 0 Å². The van der Waals surface area contributed by atoms with E-state index in [2.05, 4.69) is 29.2 Å². The molecule has 0 aliphatic heterocycles. The van der Waals surface area contributed by atoms with Gasteiger partial charge in [-0.2, -0.15) is 9.61 Å². The standard InChI is InChI=1S/C26H28N4O3S/c1-4-22(18-8-6-5-7-9-18)25(32)27-19-10-12-21(13-11-19)33-16-20-15-24(31)30-26(28-20)34-23(29-30)14-17(2)3/h5-13,15,17,22H,4,14,16H2,1-3H3,(H,27,32)/t22-/m0/s1. The van der Waals surface area contributed by atoms with Gasteiger partial charge >= 0.3 is 0 Å². The maximum atomic E-state index is 12.8. The van der Waals surface area contributed by atoms with Crippen molar-refractivity contribution >= 4 is 27.9 Å². The summed E-state index contributed by atoms with van der Waals surface area (Å²) in [5.74, 6) is 0.838. The zero-order valence-electron chi connectivity index (χ0n) is 19.5. The Hall–Kier alpha value is -3.52. The third-order valence-corrected chi connectivity index (χ3v) is 6.29. The molecule has 1 N–H and O–H groups in total. The maximum Gasteiger partial charge on any atom is 0.275 e. The lowest BCUT2D eigenvalue weighted by Crippen LogP contribution is -2.20. The number of hydrogen-bond donors (Lipinski definition) is 1. The molecule has 176 valence electrons. The highest BCUT2D eigenvalue weighted by Gasteiger charge is 2.18. The normalized spacial score (nSPS) is 12.1. The van der Waals surface area contributed by atoms with Crippen molar-refractivity contribution in [3.05, 3.63) is 87.3 Å². The van der Waals surface area contributed by atoms with E-state index in [1.807, 2.05) is 37.3 Å². The fourth-order valence-corrected chi connectivity index (χ4v) is 4.81. The summed E-state index contributed by atoms with van der Waals surface area (Å²) in [6.07, 6.45) is 1.53. The fourth-order valence-electron chi connectivity index (χ4n) is 3.68. The summed E-state index contributed by atoms with van der Waals surface area (Å²) in [5, 5.41) is 8.24. The van der Waals surface area contributed by atoms with Crippen LogP contribution in [0.3, 0.4) is 0 Å². The molecule has 1 atom stereocenters. The van der Waals surface area contributed by atoms with Crippen molar-refractivity contribution in [3.63, 3.8) is 0 Å². The van der Waals surface area contributed by atoms with Gasteiger partial charge in [0.1, 0.15) is 17.4 Å². The summed E-state index contributed by atoms with van der Waals surface area (Å²) in [6, 6.07) is 18.4. The van der Waals surface area contributed by atoms with Crippen LogP contribution in [-0.2, 0) is 17.8 Å². The second kappa shape index (κ2) is 10.6. The molecule has 4 aromatic rings. The van der Waals surface area contributed by atoms with Crippen molar-refractivity contribution in [1.29, 1.82) is 0 Å². The van der Waals surface area contributed by atoms with Gasteiger partial charge in [0.15, 0.2) is 0 Å². The predicted octanol–water partition coefficient (Wildman–Crippen LogP) is 5.06. The predicted molar refractivity (Wildman–Crippen MR) is 135 cm³/mol. The number of nitrogens with one attached hydrogen (secondary N) is 1. The number of fused-ring (bicyclic) bond motifs is 1. The van der Waals surface area contributed by atoms with Crippen LogP contribution in [0.15, 0.2) is 65.5 Å². The lowest BCUT2D eigenvalue weighted by molar-refractivity contribution is -0.117. The molecule has 2 aromatic heterocycles. The summed E-state index contributed by atoms with van der Waals surface area (Å²) in [4.78, 5) is 30.3. The number of carbonyl (C=O) groups excluding carboxylic acids is 1. The first-order valence-corrected chi connectivity index (χ1v) is 12.2. The summed E-state index contributed by atoms with van der Waals surface area (Å²) < 4.78 is 7.18. The summed E-state index contributed by atoms with van der Waals surface area (Å²) in [5.41, 5.74) is 2.04. The Kier molecular flexibility index (Phi) is 7.37. The molecule has 0 aliphatic carbocycles. The Morgan fingerprint density at radius 1 is 1.12 bits per heavy atom. The molecule has 0 aliphatic rings. The number of hydrogen-bond acceptors (Lipinski definition) is 6. The largest absolute Gasteiger partial charge is 0.487 e. The molecular weight excluding hydrogens is 448 g/mol. The van der Waals surface area contributed by atoms with Crippen molar-refractivity contribution < 1.29 is 9.53 Å². The van der Waals surface area contributed by atoms with E-state index in [1.165, 1.54) is 21.9 Å². The SMILES string of the molecule is CC[C@H](C(=O)Nc1ccc(OCc2cc(=O)n3nc(CC(C)C)sc3n2)cc1)c1ccccc1. The molecule has 8 heteroatoms. The molecule has 0 saturated heterocycles. The average Bonchev–Trinajstić information content (AvgIpc) is 3.22. The lowest BCUT2D eigenvalue weighted by Gasteiger charge is -2.15. The van der Waals surface area contributed by atoms with E-state index in [1.54, 1.807) is 24.3 Å². The number of carbonyl (C=O) groups is 1. The van der Waals surface area contributed by atoms with Gasteiger partial charge in [0, 0.05) is 18.2 Å². The first-order chi connectivity index (χ1) is 16.4. The molecule has 0 unspecified atom stereocenters. The summed E-state index contributed by atoms with van der Waals surface area (Å²) >= 11 is 1.43. The Bertz CT molecular complexity index is 1310. The molecule has 1 amide bonds.